The first kappa shape index (κ1) is 54.3. The summed E-state index contributed by atoms with van der Waals surface area (Å²) < 4.78 is 33.5. The Balaban J connectivity index is 2.47. The van der Waals surface area contributed by atoms with Crippen LogP contribution in [0.2, 0.25) is 0 Å². The van der Waals surface area contributed by atoms with Crippen LogP contribution in [0, 0.1) is 0 Å². The fourth-order valence-electron chi connectivity index (χ4n) is 6.85. The number of carbonyl (C=O) groups excluding carboxylic acids is 2. The van der Waals surface area contributed by atoms with E-state index in [9.17, 15) is 44.6 Å². The molecule has 0 spiro atoms. The molecular formula is C44H81O13P. The molecule has 6 N–H and O–H groups in total. The third-order valence-electron chi connectivity index (χ3n) is 10.5. The van der Waals surface area contributed by atoms with Crippen molar-refractivity contribution in [3.8, 4) is 0 Å². The third kappa shape index (κ3) is 27.2. The summed E-state index contributed by atoms with van der Waals surface area (Å²) in [6.07, 6.45) is 23.7. The maximum atomic E-state index is 12.8. The second-order valence-electron chi connectivity index (χ2n) is 15.9. The molecule has 1 aliphatic carbocycles. The summed E-state index contributed by atoms with van der Waals surface area (Å²) in [6.45, 7) is 3.26. The van der Waals surface area contributed by atoms with Crippen molar-refractivity contribution in [2.75, 3.05) is 13.2 Å². The molecule has 0 aliphatic heterocycles. The van der Waals surface area contributed by atoms with Crippen molar-refractivity contribution in [3.63, 3.8) is 0 Å². The fourth-order valence-corrected chi connectivity index (χ4v) is 7.82. The van der Waals surface area contributed by atoms with Crippen LogP contribution in [-0.2, 0) is 32.7 Å². The second-order valence-corrected chi connectivity index (χ2v) is 17.3. The van der Waals surface area contributed by atoms with Gasteiger partial charge < -0.3 is 39.9 Å². The van der Waals surface area contributed by atoms with Gasteiger partial charge in [-0.25, -0.2) is 4.57 Å². The number of allylic oxidation sites excluding steroid dienone is 4. The van der Waals surface area contributed by atoms with Gasteiger partial charge in [0.15, 0.2) is 6.10 Å². The molecule has 1 saturated carbocycles. The molecule has 0 aromatic carbocycles. The van der Waals surface area contributed by atoms with E-state index in [4.69, 9.17) is 18.5 Å². The minimum Gasteiger partial charge on any atom is -0.462 e. The Morgan fingerprint density at radius 1 is 0.534 bits per heavy atom. The summed E-state index contributed by atoms with van der Waals surface area (Å²) in [7, 11) is -5.11. The van der Waals surface area contributed by atoms with Crippen LogP contribution in [0.3, 0.4) is 0 Å². The van der Waals surface area contributed by atoms with Gasteiger partial charge >= 0.3 is 19.8 Å². The number of carbonyl (C=O) groups is 2. The van der Waals surface area contributed by atoms with Crippen molar-refractivity contribution in [1.29, 1.82) is 0 Å². The number of phosphoric acid groups is 1. The number of ether oxygens (including phenoxy) is 2. The monoisotopic (exact) mass is 849 g/mol. The molecule has 1 rings (SSSR count). The van der Waals surface area contributed by atoms with Crippen LogP contribution in [0.25, 0.3) is 0 Å². The molecule has 1 aliphatic rings. The van der Waals surface area contributed by atoms with Gasteiger partial charge in [0, 0.05) is 12.8 Å². The number of rotatable bonds is 37. The summed E-state index contributed by atoms with van der Waals surface area (Å²) >= 11 is 0. The number of esters is 2. The first-order valence-electron chi connectivity index (χ1n) is 22.6. The molecule has 0 aromatic heterocycles. The Bertz CT molecular complexity index is 1120. The topological polar surface area (TPSA) is 210 Å². The highest BCUT2D eigenvalue weighted by atomic mass is 31.2. The lowest BCUT2D eigenvalue weighted by molar-refractivity contribution is -0.220. The van der Waals surface area contributed by atoms with E-state index in [0.29, 0.717) is 12.8 Å². The molecule has 58 heavy (non-hydrogen) atoms. The Hall–Kier alpha value is -1.67. The first-order valence-corrected chi connectivity index (χ1v) is 24.1. The SMILES string of the molecule is CCCCC/C=C/C/C=C/CCCCCCCCCC(=O)O[C@H](COC(=O)CCCCCCCCCCCCCC)COP(=O)(O)OC1C(O)C(O)C(O)[C@@H](O)C1O. The summed E-state index contributed by atoms with van der Waals surface area (Å²) in [6, 6.07) is 0. The summed E-state index contributed by atoms with van der Waals surface area (Å²) in [4.78, 5) is 35.6. The molecule has 13 nitrogen and oxygen atoms in total. The predicted octanol–water partition coefficient (Wildman–Crippen LogP) is 8.45. The van der Waals surface area contributed by atoms with Crippen molar-refractivity contribution >= 4 is 19.8 Å². The summed E-state index contributed by atoms with van der Waals surface area (Å²) in [5.41, 5.74) is 0. The standard InChI is InChI=1S/C44H81O13P/c1-3-5-7-9-11-13-15-17-18-19-20-21-23-25-27-29-31-33-38(46)56-36(34-54-37(45)32-30-28-26-24-22-16-14-12-10-8-6-4-2)35-55-58(52,53)57-44-42(50)40(48)39(47)41(49)43(44)51/h11,13,17-18,36,39-44,47-51H,3-10,12,14-16,19-35H2,1-2H3,(H,52,53)/b13-11+,18-17+/t36-,39?,40-,41?,42?,43?,44?/m1/s1. The highest BCUT2D eigenvalue weighted by Gasteiger charge is 2.51. The molecule has 340 valence electrons. The molecule has 0 amide bonds. The van der Waals surface area contributed by atoms with E-state index in [1.54, 1.807) is 0 Å². The smallest absolute Gasteiger partial charge is 0.462 e. The Labute approximate surface area is 349 Å². The van der Waals surface area contributed by atoms with Gasteiger partial charge in [-0.1, -0.05) is 154 Å². The van der Waals surface area contributed by atoms with E-state index in [1.165, 1.54) is 70.6 Å². The zero-order valence-electron chi connectivity index (χ0n) is 35.8. The molecule has 6 unspecified atom stereocenters. The van der Waals surface area contributed by atoms with E-state index < -0.39 is 75.7 Å². The van der Waals surface area contributed by atoms with Crippen LogP contribution in [-0.4, -0.2) is 98.3 Å². The van der Waals surface area contributed by atoms with Gasteiger partial charge in [0.05, 0.1) is 6.61 Å². The van der Waals surface area contributed by atoms with Crippen molar-refractivity contribution in [2.24, 2.45) is 0 Å². The minimum absolute atomic E-state index is 0.0903. The fraction of sp³-hybridized carbons (Fsp3) is 0.864. The number of hydrogen-bond acceptors (Lipinski definition) is 12. The average molecular weight is 849 g/mol. The van der Waals surface area contributed by atoms with E-state index in [0.717, 1.165) is 77.0 Å². The van der Waals surface area contributed by atoms with Crippen molar-refractivity contribution in [2.45, 2.75) is 230 Å². The van der Waals surface area contributed by atoms with Gasteiger partial charge in [0.2, 0.25) is 0 Å². The molecule has 1 fully saturated rings. The average Bonchev–Trinajstić information content (AvgIpc) is 3.20. The van der Waals surface area contributed by atoms with Crippen LogP contribution in [0.5, 0.6) is 0 Å². The van der Waals surface area contributed by atoms with Crippen molar-refractivity contribution in [3.05, 3.63) is 24.3 Å². The minimum atomic E-state index is -5.11. The predicted molar refractivity (Wildman–Crippen MR) is 226 cm³/mol. The second kappa shape index (κ2) is 35.0. The van der Waals surface area contributed by atoms with Gasteiger partial charge in [0.25, 0.3) is 0 Å². The number of unbranched alkanes of at least 4 members (excludes halogenated alkanes) is 21. The van der Waals surface area contributed by atoms with Gasteiger partial charge in [-0.3, -0.25) is 18.6 Å². The lowest BCUT2D eigenvalue weighted by Gasteiger charge is -2.41. The van der Waals surface area contributed by atoms with Crippen LogP contribution >= 0.6 is 7.82 Å². The lowest BCUT2D eigenvalue weighted by atomic mass is 9.85. The molecule has 8 atom stereocenters. The largest absolute Gasteiger partial charge is 0.472 e. The molecule has 14 heteroatoms. The van der Waals surface area contributed by atoms with Gasteiger partial charge in [-0.2, -0.15) is 0 Å². The van der Waals surface area contributed by atoms with Crippen LogP contribution in [0.4, 0.5) is 0 Å². The van der Waals surface area contributed by atoms with Gasteiger partial charge in [0.1, 0.15) is 43.2 Å². The normalized spacial score (nSPS) is 22.7. The van der Waals surface area contributed by atoms with Crippen LogP contribution < -0.4 is 0 Å². The highest BCUT2D eigenvalue weighted by molar-refractivity contribution is 7.47. The first-order chi connectivity index (χ1) is 27.9. The van der Waals surface area contributed by atoms with Crippen LogP contribution in [0.1, 0.15) is 187 Å². The number of phosphoric ester groups is 1. The number of aliphatic hydroxyl groups is 5. The molecule has 0 bridgehead atoms. The maximum absolute atomic E-state index is 12.8. The van der Waals surface area contributed by atoms with E-state index >= 15 is 0 Å². The van der Waals surface area contributed by atoms with Crippen molar-refractivity contribution < 1.29 is 63.1 Å². The Morgan fingerprint density at radius 2 is 0.931 bits per heavy atom. The zero-order chi connectivity index (χ0) is 42.9. The van der Waals surface area contributed by atoms with E-state index in [1.807, 2.05) is 0 Å². The van der Waals surface area contributed by atoms with Gasteiger partial charge in [-0.05, 0) is 44.9 Å². The molecule has 0 aromatic rings. The zero-order valence-corrected chi connectivity index (χ0v) is 36.7. The number of aliphatic hydroxyl groups excluding tert-OH is 5. The lowest BCUT2D eigenvalue weighted by Crippen LogP contribution is -2.64. The molecule has 0 radical (unpaired) electrons. The molecular weight excluding hydrogens is 767 g/mol. The van der Waals surface area contributed by atoms with Crippen molar-refractivity contribution in [1.82, 2.24) is 0 Å². The van der Waals surface area contributed by atoms with Gasteiger partial charge in [-0.15, -0.1) is 0 Å². The quantitative estimate of drug-likeness (QED) is 0.0150. The summed E-state index contributed by atoms with van der Waals surface area (Å²) in [5.74, 6) is -1.10. The Morgan fingerprint density at radius 3 is 1.43 bits per heavy atom. The molecule has 0 heterocycles. The third-order valence-corrected chi connectivity index (χ3v) is 11.5. The maximum Gasteiger partial charge on any atom is 0.472 e. The van der Waals surface area contributed by atoms with E-state index in [-0.39, 0.29) is 12.8 Å². The summed E-state index contributed by atoms with van der Waals surface area (Å²) in [5, 5.41) is 50.1. The Kier molecular flexibility index (Phi) is 32.8. The van der Waals surface area contributed by atoms with Crippen LogP contribution in [0.15, 0.2) is 24.3 Å². The molecule has 0 saturated heterocycles. The highest BCUT2D eigenvalue weighted by Crippen LogP contribution is 2.47. The van der Waals surface area contributed by atoms with E-state index in [2.05, 4.69) is 38.2 Å². The number of hydrogen-bond donors (Lipinski definition) is 6.